The second kappa shape index (κ2) is 11.6. The maximum atomic E-state index is 15.0. The number of rotatable bonds is 5. The summed E-state index contributed by atoms with van der Waals surface area (Å²) in [6.07, 6.45) is -2.12. The summed E-state index contributed by atoms with van der Waals surface area (Å²) in [5, 5.41) is 10.5. The summed E-state index contributed by atoms with van der Waals surface area (Å²) in [5.41, 5.74) is 1.37. The highest BCUT2D eigenvalue weighted by molar-refractivity contribution is 5.79. The van der Waals surface area contributed by atoms with Crippen LogP contribution in [0.15, 0.2) is 36.7 Å². The number of piperidine rings is 1. The average Bonchev–Trinajstić information content (AvgIpc) is 2.83. The van der Waals surface area contributed by atoms with E-state index in [0.717, 1.165) is 23.5 Å². The van der Waals surface area contributed by atoms with Gasteiger partial charge in [-0.2, -0.15) is 13.2 Å². The lowest BCUT2D eigenvalue weighted by Crippen LogP contribution is -2.36. The molecule has 0 aliphatic carbocycles. The molecule has 2 aromatic heterocycles. The predicted octanol–water partition coefficient (Wildman–Crippen LogP) is 5.68. The predicted molar refractivity (Wildman–Crippen MR) is 125 cm³/mol. The number of aromatic nitrogens is 3. The fraction of sp³-hybridized carbons (Fsp3) is 0.417. The number of alkyl halides is 4. The summed E-state index contributed by atoms with van der Waals surface area (Å²) in [6.45, 7) is 5.20. The molecular weight excluding hydrogens is 504 g/mol. The third-order valence-corrected chi connectivity index (χ3v) is 5.63. The van der Waals surface area contributed by atoms with Crippen LogP contribution >= 0.6 is 0 Å². The van der Waals surface area contributed by atoms with Gasteiger partial charge in [-0.25, -0.2) is 27.9 Å². The molecule has 1 unspecified atom stereocenters. The maximum Gasteiger partial charge on any atom is 0.490 e. The normalized spacial score (nSPS) is 15.3. The Morgan fingerprint density at radius 1 is 1.11 bits per heavy atom. The number of carboxylic acid groups (broad SMARTS) is 1. The zero-order valence-electron chi connectivity index (χ0n) is 19.9. The molecule has 200 valence electrons. The van der Waals surface area contributed by atoms with Crippen LogP contribution in [0.5, 0.6) is 0 Å². The zero-order chi connectivity index (χ0) is 27.3. The zero-order valence-corrected chi connectivity index (χ0v) is 19.9. The summed E-state index contributed by atoms with van der Waals surface area (Å²) in [6, 6.07) is 5.02. The lowest BCUT2D eigenvalue weighted by Gasteiger charge is -2.35. The van der Waals surface area contributed by atoms with Crippen molar-refractivity contribution in [1.82, 2.24) is 15.0 Å². The molecule has 0 amide bonds. The van der Waals surface area contributed by atoms with E-state index in [1.54, 1.807) is 12.4 Å². The largest absolute Gasteiger partial charge is 0.490 e. The second-order valence-corrected chi connectivity index (χ2v) is 8.75. The molecule has 4 rings (SSSR count). The van der Waals surface area contributed by atoms with Crippen LogP contribution in [0, 0.1) is 17.6 Å². The molecule has 0 radical (unpaired) electrons. The van der Waals surface area contributed by atoms with Crippen LogP contribution in [0.2, 0.25) is 0 Å². The van der Waals surface area contributed by atoms with Gasteiger partial charge in [-0.3, -0.25) is 4.98 Å². The first kappa shape index (κ1) is 27.9. The summed E-state index contributed by atoms with van der Waals surface area (Å²) in [4.78, 5) is 24.5. The Morgan fingerprint density at radius 2 is 1.76 bits per heavy atom. The van der Waals surface area contributed by atoms with Crippen LogP contribution < -0.4 is 10.2 Å². The summed E-state index contributed by atoms with van der Waals surface area (Å²) >= 11 is 0. The van der Waals surface area contributed by atoms with E-state index >= 15 is 0 Å². The Labute approximate surface area is 208 Å². The minimum atomic E-state index is -5.08. The van der Waals surface area contributed by atoms with Crippen molar-refractivity contribution in [3.63, 3.8) is 0 Å². The molecular formula is C24H25F6N5O2. The van der Waals surface area contributed by atoms with Crippen molar-refractivity contribution in [3.05, 3.63) is 53.9 Å². The SMILES string of the molecule is CC(C)Nc1nc2cnccc2nc1N1CCC(C(F)c2ccc(F)cc2F)CC1.O=C(O)C(F)(F)F. The van der Waals surface area contributed by atoms with E-state index in [-0.39, 0.29) is 17.5 Å². The smallest absolute Gasteiger partial charge is 0.475 e. The summed E-state index contributed by atoms with van der Waals surface area (Å²) < 4.78 is 73.8. The molecule has 1 fully saturated rings. The van der Waals surface area contributed by atoms with Crippen molar-refractivity contribution in [2.75, 3.05) is 23.3 Å². The van der Waals surface area contributed by atoms with Crippen LogP contribution in [-0.4, -0.2) is 51.3 Å². The number of carboxylic acids is 1. The van der Waals surface area contributed by atoms with Gasteiger partial charge in [0, 0.05) is 37.0 Å². The minimum Gasteiger partial charge on any atom is -0.475 e. The lowest BCUT2D eigenvalue weighted by atomic mass is 9.88. The average molecular weight is 529 g/mol. The first-order chi connectivity index (χ1) is 17.4. The van der Waals surface area contributed by atoms with E-state index < -0.39 is 30.0 Å². The molecule has 0 bridgehead atoms. The van der Waals surface area contributed by atoms with Gasteiger partial charge in [-0.15, -0.1) is 0 Å². The molecule has 3 aromatic rings. The number of fused-ring (bicyclic) bond motifs is 1. The molecule has 0 spiro atoms. The number of hydrogen-bond acceptors (Lipinski definition) is 6. The Morgan fingerprint density at radius 3 is 2.32 bits per heavy atom. The van der Waals surface area contributed by atoms with Crippen molar-refractivity contribution in [3.8, 4) is 0 Å². The van der Waals surface area contributed by atoms with Gasteiger partial charge in [0.15, 0.2) is 11.6 Å². The maximum absolute atomic E-state index is 15.0. The van der Waals surface area contributed by atoms with Crippen molar-refractivity contribution < 1.29 is 36.2 Å². The number of nitrogens with one attached hydrogen (secondary N) is 1. The minimum absolute atomic E-state index is 0.0741. The van der Waals surface area contributed by atoms with E-state index in [2.05, 4.69) is 20.2 Å². The van der Waals surface area contributed by atoms with Crippen LogP contribution in [-0.2, 0) is 4.79 Å². The first-order valence-electron chi connectivity index (χ1n) is 11.4. The van der Waals surface area contributed by atoms with Gasteiger partial charge >= 0.3 is 12.1 Å². The fourth-order valence-corrected chi connectivity index (χ4v) is 3.87. The van der Waals surface area contributed by atoms with Gasteiger partial charge in [-0.05, 0) is 44.7 Å². The van der Waals surface area contributed by atoms with E-state index in [0.29, 0.717) is 37.3 Å². The number of nitrogens with zero attached hydrogens (tertiary/aromatic N) is 4. The molecule has 37 heavy (non-hydrogen) atoms. The summed E-state index contributed by atoms with van der Waals surface area (Å²) in [7, 11) is 0. The van der Waals surface area contributed by atoms with Gasteiger partial charge < -0.3 is 15.3 Å². The molecule has 3 heterocycles. The van der Waals surface area contributed by atoms with E-state index in [1.807, 2.05) is 19.9 Å². The Balaban J connectivity index is 0.000000479. The number of anilines is 2. The van der Waals surface area contributed by atoms with Crippen molar-refractivity contribution in [2.45, 2.75) is 45.1 Å². The highest BCUT2D eigenvalue weighted by Gasteiger charge is 2.38. The molecule has 1 aliphatic heterocycles. The Kier molecular flexibility index (Phi) is 8.77. The Bertz CT molecular complexity index is 1230. The van der Waals surface area contributed by atoms with E-state index in [1.165, 1.54) is 6.07 Å². The van der Waals surface area contributed by atoms with Gasteiger partial charge in [0.1, 0.15) is 23.3 Å². The highest BCUT2D eigenvalue weighted by atomic mass is 19.4. The van der Waals surface area contributed by atoms with Gasteiger partial charge in [0.05, 0.1) is 11.7 Å². The van der Waals surface area contributed by atoms with E-state index in [4.69, 9.17) is 14.9 Å². The number of carbonyl (C=O) groups is 1. The lowest BCUT2D eigenvalue weighted by molar-refractivity contribution is -0.192. The topological polar surface area (TPSA) is 91.2 Å². The quantitative estimate of drug-likeness (QED) is 0.411. The third kappa shape index (κ3) is 7.20. The molecule has 7 nitrogen and oxygen atoms in total. The number of benzene rings is 1. The molecule has 1 aliphatic rings. The molecule has 1 saturated heterocycles. The van der Waals surface area contributed by atoms with Crippen LogP contribution in [0.4, 0.5) is 38.0 Å². The number of halogens is 6. The Hall–Kier alpha value is -3.64. The molecule has 0 saturated carbocycles. The van der Waals surface area contributed by atoms with Crippen molar-refractivity contribution in [2.24, 2.45) is 5.92 Å². The number of hydrogen-bond donors (Lipinski definition) is 2. The standard InChI is InChI=1S/C22H24F3N5.C2HF3O2/c1-13(2)27-21-22(29-18-5-8-26-12-19(18)28-21)30-9-6-14(7-10-30)20(25)16-4-3-15(23)11-17(16)24;3-2(4,5)1(6)7/h3-5,8,11-14,20H,6-7,9-10H2,1-2H3,(H,27,28);(H,6,7). The highest BCUT2D eigenvalue weighted by Crippen LogP contribution is 2.37. The number of aliphatic carboxylic acids is 1. The second-order valence-electron chi connectivity index (χ2n) is 8.75. The summed E-state index contributed by atoms with van der Waals surface area (Å²) in [5.74, 6) is -3.22. The van der Waals surface area contributed by atoms with Gasteiger partial charge in [-0.1, -0.05) is 6.07 Å². The molecule has 1 atom stereocenters. The van der Waals surface area contributed by atoms with Gasteiger partial charge in [0.2, 0.25) is 0 Å². The first-order valence-corrected chi connectivity index (χ1v) is 11.4. The van der Waals surface area contributed by atoms with Crippen LogP contribution in [0.1, 0.15) is 38.4 Å². The van der Waals surface area contributed by atoms with Gasteiger partial charge in [0.25, 0.3) is 0 Å². The number of pyridine rings is 1. The van der Waals surface area contributed by atoms with E-state index in [9.17, 15) is 26.3 Å². The fourth-order valence-electron chi connectivity index (χ4n) is 3.87. The molecule has 2 N–H and O–H groups in total. The van der Waals surface area contributed by atoms with Crippen LogP contribution in [0.3, 0.4) is 0 Å². The third-order valence-electron chi connectivity index (χ3n) is 5.63. The molecule has 13 heteroatoms. The van der Waals surface area contributed by atoms with Crippen LogP contribution in [0.25, 0.3) is 11.0 Å². The molecule has 1 aromatic carbocycles. The van der Waals surface area contributed by atoms with Crippen molar-refractivity contribution >= 4 is 28.6 Å². The van der Waals surface area contributed by atoms with Crippen molar-refractivity contribution in [1.29, 1.82) is 0 Å². The monoisotopic (exact) mass is 529 g/mol.